The van der Waals surface area contributed by atoms with Crippen LogP contribution in [0.15, 0.2) is 23.9 Å². The fourth-order valence-corrected chi connectivity index (χ4v) is 2.84. The molecule has 1 saturated heterocycles. The number of piperidine rings is 1. The molecule has 0 spiro atoms. The number of nitrogens with zero attached hydrogens (tertiary/aromatic N) is 2. The van der Waals surface area contributed by atoms with Gasteiger partial charge in [0.2, 0.25) is 0 Å². The van der Waals surface area contributed by atoms with Gasteiger partial charge in [-0.2, -0.15) is 6.20 Å². The van der Waals surface area contributed by atoms with Crippen molar-refractivity contribution < 1.29 is 65.5 Å². The molecule has 2 rings (SSSR count). The molecule has 1 radical (unpaired) electrons. The third kappa shape index (κ3) is 20.5. The van der Waals surface area contributed by atoms with Crippen molar-refractivity contribution in [1.82, 2.24) is 0 Å². The molecule has 0 atom stereocenters. The van der Waals surface area contributed by atoms with E-state index in [1.165, 1.54) is 50.9 Å². The average Bonchev–Trinajstić information content (AvgIpc) is 2.52. The van der Waals surface area contributed by atoms with E-state index in [9.17, 15) is 0 Å². The van der Waals surface area contributed by atoms with E-state index in [0.717, 1.165) is 32.1 Å². The first-order valence-electron chi connectivity index (χ1n) is 8.24. The van der Waals surface area contributed by atoms with Crippen LogP contribution in [0, 0.1) is 5.92 Å². The van der Waals surface area contributed by atoms with Crippen molar-refractivity contribution in [1.29, 1.82) is 0 Å². The number of rotatable bonds is 9. The quantitative estimate of drug-likeness (QED) is 0.266. The molecule has 2 heterocycles. The van der Waals surface area contributed by atoms with Gasteiger partial charge in [0.1, 0.15) is 6.54 Å². The molecule has 27 heavy (non-hydrogen) atoms. The predicted molar refractivity (Wildman–Crippen MR) is 104 cm³/mol. The summed E-state index contributed by atoms with van der Waals surface area (Å²) in [5.41, 5.74) is 1.43. The molecule has 0 aromatic rings. The predicted octanol–water partition coefficient (Wildman–Crippen LogP) is -2.08. The standard InChI is InChI=1S/C16H28N4.H2N.2Ni.4H2O/c1(7-19-13-15-3-9-17-10-4-15)2-8-20-14-16-5-11-18-12-6-16;;;;;;;/h3-4,9,16,19-20H,1-2,5-8,10-14H2;1H2;;;4*1H2/q-2;-1;+2;+3;;;;/p+2. The molecule has 9 nitrogen and oxygen atoms in total. The van der Waals surface area contributed by atoms with Crippen LogP contribution in [0.5, 0.6) is 0 Å². The maximum absolute atomic E-state index is 4.41. The Kier molecular flexibility index (Phi) is 43.1. The zero-order chi connectivity index (χ0) is 13.9. The Balaban J connectivity index is -0.000000157. The minimum atomic E-state index is 0. The summed E-state index contributed by atoms with van der Waals surface area (Å²) in [7, 11) is 0. The Morgan fingerprint density at radius 3 is 2.11 bits per heavy atom. The first kappa shape index (κ1) is 41.3. The van der Waals surface area contributed by atoms with Gasteiger partial charge < -0.3 is 49.3 Å². The van der Waals surface area contributed by atoms with E-state index in [2.05, 4.69) is 33.4 Å². The average molecular weight is 484 g/mol. The van der Waals surface area contributed by atoms with Gasteiger partial charge in [0.15, 0.2) is 0 Å². The van der Waals surface area contributed by atoms with Gasteiger partial charge in [-0.1, -0.05) is 25.0 Å². The van der Waals surface area contributed by atoms with Crippen molar-refractivity contribution in [2.45, 2.75) is 25.7 Å². The Bertz CT molecular complexity index is 334. The van der Waals surface area contributed by atoms with Crippen LogP contribution in [-0.4, -0.2) is 67.7 Å². The molecular weight excluding hydrogens is 444 g/mol. The zero-order valence-corrected chi connectivity index (χ0v) is 17.8. The van der Waals surface area contributed by atoms with Gasteiger partial charge in [0, 0.05) is 18.8 Å². The topological polar surface area (TPSA) is 221 Å². The Hall–Kier alpha value is -0.0530. The van der Waals surface area contributed by atoms with Gasteiger partial charge in [-0.25, -0.2) is 0 Å². The molecule has 1 fully saturated rings. The second-order valence-electron chi connectivity index (χ2n) is 5.88. The van der Waals surface area contributed by atoms with Gasteiger partial charge in [0.05, 0.1) is 19.6 Å². The van der Waals surface area contributed by atoms with Crippen LogP contribution >= 0.6 is 0 Å². The molecule has 2 aliphatic heterocycles. The summed E-state index contributed by atoms with van der Waals surface area (Å²) in [4.78, 5) is 0. The van der Waals surface area contributed by atoms with Gasteiger partial charge >= 0.3 is 33.0 Å². The van der Waals surface area contributed by atoms with Crippen LogP contribution in [0.2, 0.25) is 0 Å². The summed E-state index contributed by atoms with van der Waals surface area (Å²) >= 11 is 0. The van der Waals surface area contributed by atoms with Crippen molar-refractivity contribution in [2.75, 3.05) is 45.8 Å². The molecule has 2 aliphatic rings. The molecule has 0 saturated carbocycles. The Labute approximate surface area is 183 Å². The van der Waals surface area contributed by atoms with Crippen molar-refractivity contribution in [3.8, 4) is 0 Å². The fraction of sp³-hybridized carbons (Fsp3) is 0.750. The SMILES string of the molecule is C1=CC(C[NH2+]CCCC[NH2+]CC2CC[N-]CC2)=CC[N-]1.O.O.O.O.[NH2-].[Ni+2].[Ni+3]. The molecule has 0 aromatic heterocycles. The normalized spacial score (nSPS) is 14.6. The maximum atomic E-state index is 4.41. The largest absolute Gasteiger partial charge is 3.00 e. The molecule has 0 unspecified atom stereocenters. The number of quaternary nitrogens is 2. The van der Waals surface area contributed by atoms with E-state index in [0.29, 0.717) is 0 Å². The summed E-state index contributed by atoms with van der Waals surface area (Å²) in [6.07, 6.45) is 11.6. The second-order valence-corrected chi connectivity index (χ2v) is 5.88. The first-order chi connectivity index (χ1) is 9.95. The van der Waals surface area contributed by atoms with Gasteiger partial charge in [-0.05, 0) is 5.57 Å². The molecule has 0 aliphatic carbocycles. The zero-order valence-electron chi connectivity index (χ0n) is 15.8. The van der Waals surface area contributed by atoms with E-state index >= 15 is 0 Å². The summed E-state index contributed by atoms with van der Waals surface area (Å²) in [5.74, 6) is 0.925. The molecule has 14 N–H and O–H groups in total. The van der Waals surface area contributed by atoms with Crippen molar-refractivity contribution in [3.63, 3.8) is 0 Å². The summed E-state index contributed by atoms with van der Waals surface area (Å²) < 4.78 is 0. The third-order valence-corrected chi connectivity index (χ3v) is 4.19. The van der Waals surface area contributed by atoms with Crippen molar-refractivity contribution >= 4 is 0 Å². The molecular formula is C16H40N5Ni2O4+4. The van der Waals surface area contributed by atoms with Gasteiger partial charge in [-0.15, -0.1) is 19.6 Å². The van der Waals surface area contributed by atoms with Gasteiger partial charge in [0.25, 0.3) is 0 Å². The van der Waals surface area contributed by atoms with Crippen LogP contribution in [0.4, 0.5) is 0 Å². The second kappa shape index (κ2) is 28.2. The van der Waals surface area contributed by atoms with Crippen molar-refractivity contribution in [3.05, 3.63) is 40.7 Å². The van der Waals surface area contributed by atoms with Crippen LogP contribution in [-0.2, 0) is 33.0 Å². The summed E-state index contributed by atoms with van der Waals surface area (Å²) in [5, 5.41) is 13.5. The van der Waals surface area contributed by atoms with E-state index in [1.807, 2.05) is 6.20 Å². The van der Waals surface area contributed by atoms with Crippen LogP contribution in [0.25, 0.3) is 16.8 Å². The van der Waals surface area contributed by atoms with Gasteiger partial charge in [-0.3, -0.25) is 0 Å². The molecule has 11 heteroatoms. The fourth-order valence-electron chi connectivity index (χ4n) is 2.84. The summed E-state index contributed by atoms with van der Waals surface area (Å²) in [6, 6.07) is 0. The Morgan fingerprint density at radius 1 is 0.963 bits per heavy atom. The van der Waals surface area contributed by atoms with E-state index in [1.54, 1.807) is 0 Å². The molecule has 0 aromatic carbocycles. The molecule has 0 bridgehead atoms. The monoisotopic (exact) mass is 482 g/mol. The summed E-state index contributed by atoms with van der Waals surface area (Å²) in [6.45, 7) is 8.04. The minimum absolute atomic E-state index is 0. The first-order valence-corrected chi connectivity index (χ1v) is 8.24. The number of hydrogen-bond acceptors (Lipinski definition) is 0. The van der Waals surface area contributed by atoms with E-state index < -0.39 is 0 Å². The molecule has 169 valence electrons. The number of nitrogens with two attached hydrogens (primary N) is 3. The minimum Gasteiger partial charge on any atom is -0.693 e. The van der Waals surface area contributed by atoms with Crippen LogP contribution in [0.1, 0.15) is 25.7 Å². The van der Waals surface area contributed by atoms with Crippen LogP contribution in [0.3, 0.4) is 0 Å². The van der Waals surface area contributed by atoms with Crippen LogP contribution < -0.4 is 10.6 Å². The van der Waals surface area contributed by atoms with Crippen molar-refractivity contribution in [2.24, 2.45) is 5.92 Å². The number of unbranched alkanes of at least 4 members (excludes halogenated alkanes) is 1. The van der Waals surface area contributed by atoms with E-state index in [4.69, 9.17) is 0 Å². The maximum Gasteiger partial charge on any atom is 3.00 e. The Morgan fingerprint density at radius 2 is 1.56 bits per heavy atom. The molecule has 0 amide bonds. The van der Waals surface area contributed by atoms with E-state index in [-0.39, 0.29) is 61.0 Å². The number of hydrogen-bond donors (Lipinski definition) is 2. The smallest absolute Gasteiger partial charge is 0.693 e. The third-order valence-electron chi connectivity index (χ3n) is 4.19.